The van der Waals surface area contributed by atoms with Gasteiger partial charge in [-0.3, -0.25) is 4.79 Å². The van der Waals surface area contributed by atoms with Crippen molar-refractivity contribution in [3.05, 3.63) is 0 Å². The van der Waals surface area contributed by atoms with Crippen molar-refractivity contribution in [2.75, 3.05) is 26.3 Å². The van der Waals surface area contributed by atoms with E-state index in [4.69, 9.17) is 15.2 Å². The molecule has 0 aliphatic carbocycles. The molecule has 2 fully saturated rings. The maximum atomic E-state index is 10.6. The standard InChI is InChI=1S/C8H14N2O3/c9-6(11)1-7-12-4-8(5-13-7)2-10-3-8/h7,10H,1-5H2,(H2,9,11). The van der Waals surface area contributed by atoms with E-state index in [0.717, 1.165) is 13.1 Å². The summed E-state index contributed by atoms with van der Waals surface area (Å²) in [6.45, 7) is 3.21. The van der Waals surface area contributed by atoms with Crippen LogP contribution in [0.1, 0.15) is 6.42 Å². The zero-order valence-corrected chi connectivity index (χ0v) is 7.41. The Hall–Kier alpha value is -0.650. The van der Waals surface area contributed by atoms with Crippen LogP contribution in [0.15, 0.2) is 0 Å². The number of nitrogens with two attached hydrogens (primary N) is 1. The fraction of sp³-hybridized carbons (Fsp3) is 0.875. The summed E-state index contributed by atoms with van der Waals surface area (Å²) in [5.74, 6) is -0.382. The van der Waals surface area contributed by atoms with Crippen LogP contribution in [0.25, 0.3) is 0 Å². The topological polar surface area (TPSA) is 73.6 Å². The van der Waals surface area contributed by atoms with E-state index in [1.165, 1.54) is 0 Å². The quantitative estimate of drug-likeness (QED) is 0.569. The van der Waals surface area contributed by atoms with Crippen molar-refractivity contribution in [1.82, 2.24) is 5.32 Å². The Kier molecular flexibility index (Phi) is 2.23. The van der Waals surface area contributed by atoms with Gasteiger partial charge in [0.05, 0.1) is 19.6 Å². The minimum atomic E-state index is -0.427. The average Bonchev–Trinajstić information content (AvgIpc) is 2.02. The van der Waals surface area contributed by atoms with Crippen LogP contribution >= 0.6 is 0 Å². The van der Waals surface area contributed by atoms with Crippen LogP contribution in [0.4, 0.5) is 0 Å². The molecule has 0 unspecified atom stereocenters. The molecule has 0 atom stereocenters. The third-order valence-corrected chi connectivity index (χ3v) is 2.52. The molecule has 13 heavy (non-hydrogen) atoms. The molecule has 0 radical (unpaired) electrons. The van der Waals surface area contributed by atoms with Crippen molar-refractivity contribution in [3.63, 3.8) is 0 Å². The first-order chi connectivity index (χ1) is 6.20. The molecule has 0 aromatic heterocycles. The predicted molar refractivity (Wildman–Crippen MR) is 44.8 cm³/mol. The predicted octanol–water partition coefficient (Wildman–Crippen LogP) is -1.18. The van der Waals surface area contributed by atoms with Crippen LogP contribution in [-0.2, 0) is 14.3 Å². The third kappa shape index (κ3) is 1.82. The lowest BCUT2D eigenvalue weighted by Gasteiger charge is -2.46. The van der Waals surface area contributed by atoms with E-state index in [1.54, 1.807) is 0 Å². The van der Waals surface area contributed by atoms with Gasteiger partial charge in [0.15, 0.2) is 6.29 Å². The maximum absolute atomic E-state index is 10.6. The van der Waals surface area contributed by atoms with Gasteiger partial charge in [0, 0.05) is 18.5 Å². The summed E-state index contributed by atoms with van der Waals surface area (Å²) >= 11 is 0. The number of amides is 1. The zero-order valence-electron chi connectivity index (χ0n) is 7.41. The molecule has 5 nitrogen and oxygen atoms in total. The molecule has 3 N–H and O–H groups in total. The lowest BCUT2D eigenvalue weighted by atomic mass is 9.83. The summed E-state index contributed by atoms with van der Waals surface area (Å²) in [4.78, 5) is 10.6. The number of hydrogen-bond acceptors (Lipinski definition) is 4. The van der Waals surface area contributed by atoms with E-state index in [0.29, 0.717) is 13.2 Å². The monoisotopic (exact) mass is 186 g/mol. The second-order valence-corrected chi connectivity index (χ2v) is 3.83. The Labute approximate surface area is 76.6 Å². The van der Waals surface area contributed by atoms with Crippen LogP contribution in [0, 0.1) is 5.41 Å². The number of carbonyl (C=O) groups is 1. The van der Waals surface area contributed by atoms with Gasteiger partial charge in [-0.1, -0.05) is 0 Å². The number of primary amides is 1. The van der Waals surface area contributed by atoms with Crippen molar-refractivity contribution in [2.24, 2.45) is 11.1 Å². The van der Waals surface area contributed by atoms with Crippen LogP contribution in [0.5, 0.6) is 0 Å². The highest BCUT2D eigenvalue weighted by Gasteiger charge is 2.42. The van der Waals surface area contributed by atoms with Gasteiger partial charge >= 0.3 is 0 Å². The molecule has 0 aromatic rings. The number of nitrogens with one attached hydrogen (secondary N) is 1. The van der Waals surface area contributed by atoms with Crippen molar-refractivity contribution >= 4 is 5.91 Å². The van der Waals surface area contributed by atoms with E-state index >= 15 is 0 Å². The summed E-state index contributed by atoms with van der Waals surface area (Å²) < 4.78 is 10.8. The lowest BCUT2D eigenvalue weighted by Crippen LogP contribution is -2.61. The molecule has 0 aromatic carbocycles. The highest BCUT2D eigenvalue weighted by molar-refractivity contribution is 5.74. The van der Waals surface area contributed by atoms with E-state index in [2.05, 4.69) is 5.32 Å². The molecule has 74 valence electrons. The zero-order chi connectivity index (χ0) is 9.31. The van der Waals surface area contributed by atoms with Gasteiger partial charge < -0.3 is 20.5 Å². The lowest BCUT2D eigenvalue weighted by molar-refractivity contribution is -0.239. The molecule has 2 aliphatic heterocycles. The smallest absolute Gasteiger partial charge is 0.222 e. The number of rotatable bonds is 2. The van der Waals surface area contributed by atoms with Gasteiger partial charge in [-0.15, -0.1) is 0 Å². The maximum Gasteiger partial charge on any atom is 0.222 e. The van der Waals surface area contributed by atoms with Crippen LogP contribution in [-0.4, -0.2) is 38.5 Å². The van der Waals surface area contributed by atoms with E-state index < -0.39 is 6.29 Å². The molecule has 2 saturated heterocycles. The Bertz CT molecular complexity index is 205. The van der Waals surface area contributed by atoms with Gasteiger partial charge in [0.25, 0.3) is 0 Å². The Morgan fingerprint density at radius 1 is 1.46 bits per heavy atom. The molecule has 0 saturated carbocycles. The second-order valence-electron chi connectivity index (χ2n) is 3.83. The van der Waals surface area contributed by atoms with E-state index in [9.17, 15) is 4.79 Å². The Morgan fingerprint density at radius 3 is 2.46 bits per heavy atom. The first kappa shape index (κ1) is 8.93. The summed E-state index contributed by atoms with van der Waals surface area (Å²) in [5.41, 5.74) is 5.19. The van der Waals surface area contributed by atoms with Gasteiger partial charge in [-0.2, -0.15) is 0 Å². The first-order valence-electron chi connectivity index (χ1n) is 4.42. The number of carbonyl (C=O) groups excluding carboxylic acids is 1. The van der Waals surface area contributed by atoms with Gasteiger partial charge in [-0.05, 0) is 0 Å². The van der Waals surface area contributed by atoms with Crippen molar-refractivity contribution in [3.8, 4) is 0 Å². The Morgan fingerprint density at radius 2 is 2.08 bits per heavy atom. The van der Waals surface area contributed by atoms with Crippen molar-refractivity contribution < 1.29 is 14.3 Å². The fourth-order valence-electron chi connectivity index (χ4n) is 1.59. The average molecular weight is 186 g/mol. The molecule has 2 rings (SSSR count). The first-order valence-corrected chi connectivity index (χ1v) is 4.42. The molecule has 5 heteroatoms. The fourth-order valence-corrected chi connectivity index (χ4v) is 1.59. The number of ether oxygens (including phenoxy) is 2. The Balaban J connectivity index is 1.79. The molecule has 2 aliphatic rings. The van der Waals surface area contributed by atoms with E-state index in [1.807, 2.05) is 0 Å². The highest BCUT2D eigenvalue weighted by atomic mass is 16.7. The summed E-state index contributed by atoms with van der Waals surface area (Å²) in [6, 6.07) is 0. The second kappa shape index (κ2) is 3.25. The van der Waals surface area contributed by atoms with Gasteiger partial charge in [-0.25, -0.2) is 0 Å². The normalized spacial score (nSPS) is 27.1. The minimum absolute atomic E-state index is 0.156. The molecule has 0 bridgehead atoms. The van der Waals surface area contributed by atoms with Gasteiger partial charge in [0.1, 0.15) is 0 Å². The third-order valence-electron chi connectivity index (χ3n) is 2.52. The summed E-state index contributed by atoms with van der Waals surface area (Å²) in [5, 5.41) is 3.18. The number of hydrogen-bond donors (Lipinski definition) is 2. The molecule has 2 heterocycles. The van der Waals surface area contributed by atoms with Crippen LogP contribution in [0.3, 0.4) is 0 Å². The van der Waals surface area contributed by atoms with Gasteiger partial charge in [0.2, 0.25) is 5.91 Å². The van der Waals surface area contributed by atoms with E-state index in [-0.39, 0.29) is 17.7 Å². The molecular weight excluding hydrogens is 172 g/mol. The minimum Gasteiger partial charge on any atom is -0.370 e. The SMILES string of the molecule is NC(=O)CC1OCC2(CNC2)CO1. The highest BCUT2D eigenvalue weighted by Crippen LogP contribution is 2.28. The van der Waals surface area contributed by atoms with Crippen molar-refractivity contribution in [2.45, 2.75) is 12.7 Å². The summed E-state index contributed by atoms with van der Waals surface area (Å²) in [6.07, 6.45) is -0.271. The molecule has 1 spiro atoms. The van der Waals surface area contributed by atoms with Crippen LogP contribution < -0.4 is 11.1 Å². The molecule has 1 amide bonds. The molecular formula is C8H14N2O3. The van der Waals surface area contributed by atoms with Crippen LogP contribution in [0.2, 0.25) is 0 Å². The summed E-state index contributed by atoms with van der Waals surface area (Å²) in [7, 11) is 0. The largest absolute Gasteiger partial charge is 0.370 e. The van der Waals surface area contributed by atoms with Crippen molar-refractivity contribution in [1.29, 1.82) is 0 Å².